The van der Waals surface area contributed by atoms with Crippen molar-refractivity contribution in [1.82, 2.24) is 24.9 Å². The van der Waals surface area contributed by atoms with Crippen molar-refractivity contribution in [2.24, 2.45) is 5.41 Å². The molecule has 0 bridgehead atoms. The van der Waals surface area contributed by atoms with Gasteiger partial charge in [0.1, 0.15) is 41.0 Å². The Kier molecular flexibility index (Phi) is 19.4. The first kappa shape index (κ1) is 55.2. The van der Waals surface area contributed by atoms with Gasteiger partial charge in [-0.05, 0) is 80.8 Å². The van der Waals surface area contributed by atoms with Crippen molar-refractivity contribution in [3.63, 3.8) is 0 Å². The van der Waals surface area contributed by atoms with Crippen LogP contribution in [0, 0.1) is 5.41 Å². The fourth-order valence-electron chi connectivity index (χ4n) is 8.54. The number of nitrogens with one attached hydrogen (secondary N) is 3. The summed E-state index contributed by atoms with van der Waals surface area (Å²) in [5.74, 6) is 1.87. The van der Waals surface area contributed by atoms with Gasteiger partial charge >= 0.3 is 0 Å². The summed E-state index contributed by atoms with van der Waals surface area (Å²) >= 11 is 1.27. The first-order valence-corrected chi connectivity index (χ1v) is 26.6. The highest BCUT2D eigenvalue weighted by Gasteiger charge is 2.46. The van der Waals surface area contributed by atoms with E-state index in [0.717, 1.165) is 16.7 Å². The molecule has 0 aliphatic carbocycles. The number of benzene rings is 4. The van der Waals surface area contributed by atoms with Crippen LogP contribution in [-0.4, -0.2) is 115 Å². The van der Waals surface area contributed by atoms with Gasteiger partial charge in [0.25, 0.3) is 20.3 Å². The Morgan fingerprint density at radius 2 is 1.42 bits per heavy atom. The number of thioether (sulfide) groups is 1. The van der Waals surface area contributed by atoms with Crippen LogP contribution in [0.1, 0.15) is 88.3 Å². The third kappa shape index (κ3) is 14.0. The number of hydrogen-bond donors (Lipinski definition) is 3. The Bertz CT molecular complexity index is 2490. The lowest BCUT2D eigenvalue weighted by Gasteiger charge is -2.39. The van der Waals surface area contributed by atoms with Gasteiger partial charge in [-0.3, -0.25) is 19.0 Å². The van der Waals surface area contributed by atoms with Gasteiger partial charge in [-0.15, -0.1) is 0 Å². The maximum absolute atomic E-state index is 13.6. The number of amides is 2. The molecule has 7 rings (SSSR count). The Balaban J connectivity index is 1.20. The molecule has 17 nitrogen and oxygen atoms in total. The van der Waals surface area contributed by atoms with Crippen LogP contribution in [0.15, 0.2) is 116 Å². The zero-order valence-electron chi connectivity index (χ0n) is 43.1. The molecular weight excluding hydrogens is 972 g/mol. The van der Waals surface area contributed by atoms with E-state index in [9.17, 15) is 14.4 Å². The molecule has 4 aromatic carbocycles. The number of hydrogen-bond acceptors (Lipinski definition) is 15. The number of carbonyl (C=O) groups excluding carboxylic acids is 3. The van der Waals surface area contributed by atoms with Gasteiger partial charge in [-0.2, -0.15) is 0 Å². The summed E-state index contributed by atoms with van der Waals surface area (Å²) in [7, 11) is 1.53. The largest absolute Gasteiger partial charge is 0.497 e. The fourth-order valence-corrected chi connectivity index (χ4v) is 11.1. The standard InChI is InChI=1S/C54H69N6O11PS/c1-36(2)60(37(3)4)72(69-29-28-66-30-31-73-51(63)53(5,6)7)71-44-32-47(59-35-55-48-49(59)57-52(58-50(48)62)56-46(61)34-67-43-18-14-11-15-19-43)70-45(44)33-68-54(38-16-12-10-13-17-38,39-20-24-41(64-8)25-21-39)40-22-26-42(65-9)27-23-40/h10-27,35-37,44-45,47,52,57H,28-34H2,1-9H3,(H,56,61)(H,58,62)/t44-,45+,47+,52?,72?/m0/s1. The second-order valence-corrected chi connectivity index (χ2v) is 21.5. The van der Waals surface area contributed by atoms with E-state index < -0.39 is 56.1 Å². The number of carbonyl (C=O) groups is 3. The number of aromatic nitrogens is 2. The average Bonchev–Trinajstić information content (AvgIpc) is 4.00. The van der Waals surface area contributed by atoms with Gasteiger partial charge in [-0.25, -0.2) is 9.65 Å². The summed E-state index contributed by atoms with van der Waals surface area (Å²) in [6.07, 6.45) is -1.20. The van der Waals surface area contributed by atoms with Gasteiger partial charge < -0.3 is 53.4 Å². The lowest BCUT2D eigenvalue weighted by Crippen LogP contribution is -2.56. The third-order valence-electron chi connectivity index (χ3n) is 12.1. The van der Waals surface area contributed by atoms with E-state index in [4.69, 9.17) is 37.5 Å². The van der Waals surface area contributed by atoms with Crippen molar-refractivity contribution in [2.75, 3.05) is 58.3 Å². The molecule has 1 fully saturated rings. The number of para-hydroxylation sites is 1. The van der Waals surface area contributed by atoms with Crippen molar-refractivity contribution in [2.45, 2.75) is 97.3 Å². The van der Waals surface area contributed by atoms with Crippen LogP contribution in [0.3, 0.4) is 0 Å². The average molecular weight is 1040 g/mol. The van der Waals surface area contributed by atoms with Gasteiger partial charge in [0, 0.05) is 29.7 Å². The van der Waals surface area contributed by atoms with Crippen LogP contribution in [-0.2, 0) is 38.4 Å². The van der Waals surface area contributed by atoms with Gasteiger partial charge in [-0.1, -0.05) is 105 Å². The number of ether oxygens (including phenoxy) is 6. The normalized spacial score (nSPS) is 18.3. The molecule has 3 heterocycles. The molecule has 1 aromatic heterocycles. The highest BCUT2D eigenvalue weighted by molar-refractivity contribution is 8.13. The predicted molar refractivity (Wildman–Crippen MR) is 282 cm³/mol. The Labute approximate surface area is 434 Å². The lowest BCUT2D eigenvalue weighted by atomic mass is 9.80. The number of nitrogens with zero attached hydrogens (tertiary/aromatic N) is 3. The fraction of sp³-hybridized carbons (Fsp3) is 0.444. The zero-order chi connectivity index (χ0) is 52.1. The second kappa shape index (κ2) is 25.6. The topological polar surface area (TPSA) is 182 Å². The van der Waals surface area contributed by atoms with Crippen molar-refractivity contribution in [3.8, 4) is 17.2 Å². The summed E-state index contributed by atoms with van der Waals surface area (Å²) in [4.78, 5) is 43.6. The Morgan fingerprint density at radius 1 is 0.822 bits per heavy atom. The third-order valence-corrected chi connectivity index (χ3v) is 15.5. The van der Waals surface area contributed by atoms with Crippen LogP contribution < -0.4 is 30.2 Å². The minimum atomic E-state index is -1.74. The second-order valence-electron chi connectivity index (χ2n) is 19.0. The van der Waals surface area contributed by atoms with E-state index in [0.29, 0.717) is 48.5 Å². The molecule has 73 heavy (non-hydrogen) atoms. The summed E-state index contributed by atoms with van der Waals surface area (Å²) in [5, 5.41) is 8.92. The molecule has 5 aromatic rings. The minimum Gasteiger partial charge on any atom is -0.497 e. The van der Waals surface area contributed by atoms with Crippen molar-refractivity contribution in [1.29, 1.82) is 0 Å². The van der Waals surface area contributed by atoms with E-state index in [1.807, 2.05) is 118 Å². The molecule has 5 atom stereocenters. The zero-order valence-corrected chi connectivity index (χ0v) is 44.8. The molecule has 2 aliphatic rings. The number of imidazole rings is 1. The predicted octanol–water partition coefficient (Wildman–Crippen LogP) is 8.90. The van der Waals surface area contributed by atoms with E-state index in [1.54, 1.807) is 37.2 Å². The lowest BCUT2D eigenvalue weighted by molar-refractivity contribution is -0.123. The SMILES string of the molecule is COc1ccc(C(OC[C@H]2O[C@@H](n3cnc4c3NC(NC(=O)COc3ccccc3)NC4=O)C[C@@H]2OP(OCCOCCSC(=O)C(C)(C)C)N(C(C)C)C(C)C)(c2ccccc2)c2ccc(OC)cc2)cc1. The molecule has 0 radical (unpaired) electrons. The maximum atomic E-state index is 13.6. The van der Waals surface area contributed by atoms with E-state index >= 15 is 0 Å². The van der Waals surface area contributed by atoms with Gasteiger partial charge in [0.05, 0.1) is 53.1 Å². The smallest absolute Gasteiger partial charge is 0.276 e. The Morgan fingerprint density at radius 3 is 2.01 bits per heavy atom. The minimum absolute atomic E-state index is 0.0274. The van der Waals surface area contributed by atoms with Crippen LogP contribution in [0.4, 0.5) is 5.82 Å². The molecule has 0 spiro atoms. The van der Waals surface area contributed by atoms with E-state index in [2.05, 4.69) is 53.3 Å². The summed E-state index contributed by atoms with van der Waals surface area (Å²) in [6, 6.07) is 34.7. The van der Waals surface area contributed by atoms with Crippen LogP contribution >= 0.6 is 20.3 Å². The quantitative estimate of drug-likeness (QED) is 0.0286. The molecule has 1 saturated heterocycles. The van der Waals surface area contributed by atoms with E-state index in [-0.39, 0.29) is 42.7 Å². The monoisotopic (exact) mass is 1040 g/mol. The molecular formula is C54H69N6O11PS. The molecule has 2 amide bonds. The van der Waals surface area contributed by atoms with E-state index in [1.165, 1.54) is 11.8 Å². The number of rotatable bonds is 25. The molecule has 19 heteroatoms. The highest BCUT2D eigenvalue weighted by atomic mass is 32.2. The summed E-state index contributed by atoms with van der Waals surface area (Å²) in [5.41, 5.74) is 1.08. The first-order chi connectivity index (χ1) is 35.1. The molecule has 3 N–H and O–H groups in total. The van der Waals surface area contributed by atoms with Gasteiger partial charge in [0.15, 0.2) is 23.7 Å². The number of fused-ring (bicyclic) bond motifs is 1. The maximum Gasteiger partial charge on any atom is 0.276 e. The van der Waals surface area contributed by atoms with Crippen molar-refractivity contribution in [3.05, 3.63) is 138 Å². The molecule has 2 unspecified atom stereocenters. The number of methoxy groups -OCH3 is 2. The first-order valence-electron chi connectivity index (χ1n) is 24.5. The molecule has 392 valence electrons. The van der Waals surface area contributed by atoms with Gasteiger partial charge in [0.2, 0.25) is 0 Å². The van der Waals surface area contributed by atoms with Crippen LogP contribution in [0.25, 0.3) is 0 Å². The van der Waals surface area contributed by atoms with Crippen LogP contribution in [0.2, 0.25) is 0 Å². The van der Waals surface area contributed by atoms with Crippen molar-refractivity contribution >= 4 is 43.0 Å². The highest BCUT2D eigenvalue weighted by Crippen LogP contribution is 2.51. The van der Waals surface area contributed by atoms with Crippen molar-refractivity contribution < 1.29 is 51.9 Å². The molecule has 0 saturated carbocycles. The number of anilines is 1. The summed E-state index contributed by atoms with van der Waals surface area (Å²) < 4.78 is 55.1. The van der Waals surface area contributed by atoms with Crippen LogP contribution in [0.5, 0.6) is 17.2 Å². The summed E-state index contributed by atoms with van der Waals surface area (Å²) in [6.45, 7) is 14.8. The Hall–Kier alpha value is -5.56. The molecule has 2 aliphatic heterocycles.